The third-order valence-electron chi connectivity index (χ3n) is 5.67. The van der Waals surface area contributed by atoms with Crippen molar-refractivity contribution in [3.63, 3.8) is 0 Å². The van der Waals surface area contributed by atoms with E-state index in [4.69, 9.17) is 14.9 Å². The first-order chi connectivity index (χ1) is 14.4. The number of benzene rings is 2. The summed E-state index contributed by atoms with van der Waals surface area (Å²) in [5.41, 5.74) is 5.87. The zero-order valence-corrected chi connectivity index (χ0v) is 16.2. The molecular weight excluding hydrogens is 390 g/mol. The number of aryl methyl sites for hydroxylation is 1. The van der Waals surface area contributed by atoms with E-state index >= 15 is 0 Å². The van der Waals surface area contributed by atoms with Crippen LogP contribution >= 0.6 is 0 Å². The molecule has 3 aromatic rings. The second-order valence-corrected chi connectivity index (χ2v) is 7.60. The Labute approximate surface area is 171 Å². The summed E-state index contributed by atoms with van der Waals surface area (Å²) >= 11 is 0. The molecule has 6 N–H and O–H groups in total. The van der Waals surface area contributed by atoms with Crippen LogP contribution < -0.4 is 15.9 Å². The molecule has 0 aliphatic carbocycles. The Kier molecular flexibility index (Phi) is 5.15. The summed E-state index contributed by atoms with van der Waals surface area (Å²) in [6.07, 6.45) is -0.263. The number of fused-ring (bicyclic) bond motifs is 2. The molecule has 1 aromatic heterocycles. The predicted octanol–water partition coefficient (Wildman–Crippen LogP) is 1.23. The zero-order chi connectivity index (χ0) is 21.5. The average Bonchev–Trinajstić information content (AvgIpc) is 2.73. The van der Waals surface area contributed by atoms with E-state index in [1.54, 1.807) is 12.1 Å². The Morgan fingerprint density at radius 2 is 1.90 bits per heavy atom. The fourth-order valence-electron chi connectivity index (χ4n) is 3.88. The average molecular weight is 413 g/mol. The summed E-state index contributed by atoms with van der Waals surface area (Å²) in [5.74, 6) is -0.0563. The number of anilines is 1. The van der Waals surface area contributed by atoms with Gasteiger partial charge in [-0.3, -0.25) is 4.79 Å². The van der Waals surface area contributed by atoms with Gasteiger partial charge in [0.05, 0.1) is 6.61 Å². The van der Waals surface area contributed by atoms with Crippen LogP contribution in [0.4, 0.5) is 5.69 Å². The number of rotatable bonds is 5. The maximum absolute atomic E-state index is 12.3. The lowest BCUT2D eigenvalue weighted by Crippen LogP contribution is -2.54. The number of hydrogen-bond acceptors (Lipinski definition) is 8. The Balaban J connectivity index is 1.72. The Morgan fingerprint density at radius 3 is 2.57 bits per heavy atom. The van der Waals surface area contributed by atoms with Crippen LogP contribution in [0, 0.1) is 0 Å². The van der Waals surface area contributed by atoms with Crippen molar-refractivity contribution < 1.29 is 29.6 Å². The van der Waals surface area contributed by atoms with E-state index in [0.717, 1.165) is 11.6 Å². The molecule has 0 unspecified atom stereocenters. The van der Waals surface area contributed by atoms with E-state index in [2.05, 4.69) is 0 Å². The van der Waals surface area contributed by atoms with Gasteiger partial charge < -0.3 is 35.3 Å². The lowest BCUT2D eigenvalue weighted by atomic mass is 9.83. The molecule has 2 aromatic carbocycles. The molecule has 0 fully saturated rings. The fraction of sp³-hybridized carbons (Fsp3) is 0.318. The van der Waals surface area contributed by atoms with Crippen LogP contribution in [-0.4, -0.2) is 38.7 Å². The highest BCUT2D eigenvalue weighted by Crippen LogP contribution is 2.43. The second-order valence-electron chi connectivity index (χ2n) is 7.60. The van der Waals surface area contributed by atoms with Gasteiger partial charge in [0.1, 0.15) is 40.9 Å². The maximum Gasteiger partial charge on any atom is 0.196 e. The van der Waals surface area contributed by atoms with E-state index in [9.17, 15) is 25.2 Å². The maximum atomic E-state index is 12.3. The number of phenolic OH excluding ortho intramolecular Hbond substituents is 1. The molecular formula is C22H23NO7. The molecule has 0 amide bonds. The molecule has 8 nitrogen and oxygen atoms in total. The van der Waals surface area contributed by atoms with Gasteiger partial charge in [0, 0.05) is 29.8 Å². The standard InChI is InChI=1S/C22H23NO7/c23-13-3-1-12(2-4-13)5-6-22(11-25)19(27)8-15-17(30-22)9-18-20(21(15)28)16(26)7-14(10-24)29-18/h1-4,7,9,19,24-25,27-28H,5-6,8,10-11,23H2/t19-,22-/m1/s1. The molecule has 1 aliphatic rings. The first-order valence-electron chi connectivity index (χ1n) is 9.61. The van der Waals surface area contributed by atoms with Gasteiger partial charge in [0.2, 0.25) is 0 Å². The predicted molar refractivity (Wildman–Crippen MR) is 109 cm³/mol. The van der Waals surface area contributed by atoms with Crippen LogP contribution in [0.15, 0.2) is 45.6 Å². The fourth-order valence-corrected chi connectivity index (χ4v) is 3.88. The van der Waals surface area contributed by atoms with Crippen molar-refractivity contribution in [2.75, 3.05) is 12.3 Å². The largest absolute Gasteiger partial charge is 0.507 e. The topological polar surface area (TPSA) is 146 Å². The molecule has 0 bridgehead atoms. The van der Waals surface area contributed by atoms with Gasteiger partial charge >= 0.3 is 0 Å². The highest BCUT2D eigenvalue weighted by atomic mass is 16.5. The molecule has 0 radical (unpaired) electrons. The number of nitrogens with two attached hydrogens (primary N) is 1. The number of ether oxygens (including phenoxy) is 1. The molecule has 2 heterocycles. The summed E-state index contributed by atoms with van der Waals surface area (Å²) in [6.45, 7) is -0.910. The van der Waals surface area contributed by atoms with Gasteiger partial charge in [0.15, 0.2) is 11.0 Å². The minimum absolute atomic E-state index is 0.000591. The SMILES string of the molecule is Nc1ccc(CC[C@]2(CO)Oc3cc4oc(CO)cc(=O)c4c(O)c3C[C@H]2O)cc1. The number of aromatic hydroxyl groups is 1. The van der Waals surface area contributed by atoms with Crippen LogP contribution in [-0.2, 0) is 19.4 Å². The first kappa shape index (κ1) is 20.2. The molecule has 30 heavy (non-hydrogen) atoms. The van der Waals surface area contributed by atoms with Crippen LogP contribution in [0.1, 0.15) is 23.3 Å². The third-order valence-corrected chi connectivity index (χ3v) is 5.67. The second kappa shape index (κ2) is 7.64. The smallest absolute Gasteiger partial charge is 0.196 e. The monoisotopic (exact) mass is 413 g/mol. The van der Waals surface area contributed by atoms with Crippen molar-refractivity contribution in [1.29, 1.82) is 0 Å². The van der Waals surface area contributed by atoms with Crippen molar-refractivity contribution in [3.05, 3.63) is 63.5 Å². The van der Waals surface area contributed by atoms with Gasteiger partial charge in [-0.1, -0.05) is 12.1 Å². The van der Waals surface area contributed by atoms with Gasteiger partial charge in [0.25, 0.3) is 0 Å². The number of hydrogen-bond donors (Lipinski definition) is 5. The van der Waals surface area contributed by atoms with Crippen molar-refractivity contribution in [2.45, 2.75) is 37.6 Å². The number of phenols is 1. The highest BCUT2D eigenvalue weighted by molar-refractivity contribution is 5.87. The summed E-state index contributed by atoms with van der Waals surface area (Å²) in [4.78, 5) is 12.3. The lowest BCUT2D eigenvalue weighted by molar-refractivity contribution is -0.101. The van der Waals surface area contributed by atoms with Crippen LogP contribution in [0.25, 0.3) is 11.0 Å². The summed E-state index contributed by atoms with van der Waals surface area (Å²) in [5, 5.41) is 40.8. The minimum atomic E-state index is -1.29. The minimum Gasteiger partial charge on any atom is -0.507 e. The first-order valence-corrected chi connectivity index (χ1v) is 9.61. The van der Waals surface area contributed by atoms with Crippen molar-refractivity contribution in [2.24, 2.45) is 0 Å². The molecule has 158 valence electrons. The van der Waals surface area contributed by atoms with Gasteiger partial charge in [-0.25, -0.2) is 0 Å². The summed E-state index contributed by atoms with van der Waals surface area (Å²) in [7, 11) is 0. The molecule has 2 atom stereocenters. The molecule has 0 spiro atoms. The lowest BCUT2D eigenvalue weighted by Gasteiger charge is -2.41. The van der Waals surface area contributed by atoms with Gasteiger partial charge in [-0.05, 0) is 30.5 Å². The highest BCUT2D eigenvalue weighted by Gasteiger charge is 2.45. The van der Waals surface area contributed by atoms with Crippen LogP contribution in [0.5, 0.6) is 11.5 Å². The van der Waals surface area contributed by atoms with Gasteiger partial charge in [-0.15, -0.1) is 0 Å². The molecule has 4 rings (SSSR count). The summed E-state index contributed by atoms with van der Waals surface area (Å²) < 4.78 is 11.5. The van der Waals surface area contributed by atoms with E-state index in [-0.39, 0.29) is 40.2 Å². The van der Waals surface area contributed by atoms with Crippen molar-refractivity contribution in [1.82, 2.24) is 0 Å². The Bertz CT molecular complexity index is 1140. The van der Waals surface area contributed by atoms with E-state index < -0.39 is 30.3 Å². The van der Waals surface area contributed by atoms with Crippen LogP contribution in [0.2, 0.25) is 0 Å². The number of nitrogen functional groups attached to an aromatic ring is 1. The molecule has 0 saturated heterocycles. The third kappa shape index (κ3) is 3.39. The number of aliphatic hydroxyl groups excluding tert-OH is 3. The van der Waals surface area contributed by atoms with Crippen molar-refractivity contribution >= 4 is 16.7 Å². The zero-order valence-electron chi connectivity index (χ0n) is 16.2. The molecule has 8 heteroatoms. The van der Waals surface area contributed by atoms with E-state index in [1.807, 2.05) is 12.1 Å². The quantitative estimate of drug-likeness (QED) is 0.393. The van der Waals surface area contributed by atoms with Gasteiger partial charge in [-0.2, -0.15) is 0 Å². The van der Waals surface area contributed by atoms with E-state index in [1.165, 1.54) is 6.07 Å². The Hall–Kier alpha value is -3.07. The summed E-state index contributed by atoms with van der Waals surface area (Å²) in [6, 6.07) is 9.85. The normalized spacial score (nSPS) is 20.7. The Morgan fingerprint density at radius 1 is 1.17 bits per heavy atom. The molecule has 0 saturated carbocycles. The van der Waals surface area contributed by atoms with Crippen molar-refractivity contribution in [3.8, 4) is 11.5 Å². The molecule has 1 aliphatic heterocycles. The van der Waals surface area contributed by atoms with E-state index in [0.29, 0.717) is 18.5 Å². The number of aliphatic hydroxyl groups is 3. The van der Waals surface area contributed by atoms with Crippen LogP contribution in [0.3, 0.4) is 0 Å².